The normalized spacial score (nSPS) is 28.2. The number of fused-ring (bicyclic) bond motifs is 2. The van der Waals surface area contributed by atoms with Gasteiger partial charge in [-0.25, -0.2) is 0 Å². The molecule has 1 spiro atoms. The number of hydrogen-bond donors (Lipinski definition) is 0. The van der Waals surface area contributed by atoms with Gasteiger partial charge in [0.05, 0.1) is 25.2 Å². The Morgan fingerprint density at radius 3 is 2.44 bits per heavy atom. The molecule has 4 aliphatic rings. The van der Waals surface area contributed by atoms with Crippen LogP contribution in [-0.4, -0.2) is 20.0 Å². The second-order valence-corrected chi connectivity index (χ2v) is 7.17. The van der Waals surface area contributed by atoms with Gasteiger partial charge in [0, 0.05) is 12.3 Å². The van der Waals surface area contributed by atoms with E-state index < -0.39 is 5.41 Å². The molecule has 0 aliphatic heterocycles. The monoisotopic (exact) mass is 332 g/mol. The first kappa shape index (κ1) is 14.8. The second-order valence-electron chi connectivity index (χ2n) is 7.17. The molecule has 3 unspecified atom stereocenters. The molecule has 4 aliphatic carbocycles. The number of ketones is 1. The molecular weight excluding hydrogens is 312 g/mol. The van der Waals surface area contributed by atoms with Crippen molar-refractivity contribution in [3.63, 3.8) is 0 Å². The van der Waals surface area contributed by atoms with Crippen LogP contribution in [0, 0.1) is 0 Å². The van der Waals surface area contributed by atoms with Crippen molar-refractivity contribution >= 4 is 11.4 Å². The zero-order valence-electron chi connectivity index (χ0n) is 14.4. The molecule has 126 valence electrons. The lowest BCUT2D eigenvalue weighted by molar-refractivity contribution is -0.126. The number of benzene rings is 2. The van der Waals surface area contributed by atoms with Gasteiger partial charge >= 0.3 is 0 Å². The first-order valence-corrected chi connectivity index (χ1v) is 8.78. The molecular formula is C22H20O3. The van der Waals surface area contributed by atoms with Crippen LogP contribution in [0.15, 0.2) is 54.5 Å². The topological polar surface area (TPSA) is 35.5 Å². The van der Waals surface area contributed by atoms with Gasteiger partial charge in [-0.05, 0) is 34.6 Å². The van der Waals surface area contributed by atoms with Crippen LogP contribution in [0.3, 0.4) is 0 Å². The van der Waals surface area contributed by atoms with Crippen LogP contribution < -0.4 is 0 Å². The highest BCUT2D eigenvalue weighted by Crippen LogP contribution is 2.67. The number of carbonyl (C=O) groups is 1. The first-order valence-electron chi connectivity index (χ1n) is 8.78. The van der Waals surface area contributed by atoms with E-state index in [9.17, 15) is 4.79 Å². The number of hydrogen-bond acceptors (Lipinski definition) is 3. The summed E-state index contributed by atoms with van der Waals surface area (Å²) in [5, 5.41) is 0. The molecule has 25 heavy (non-hydrogen) atoms. The highest BCUT2D eigenvalue weighted by molar-refractivity contribution is 6.10. The van der Waals surface area contributed by atoms with Crippen LogP contribution in [0.5, 0.6) is 0 Å². The van der Waals surface area contributed by atoms with Crippen molar-refractivity contribution in [3.8, 4) is 0 Å². The van der Waals surface area contributed by atoms with Crippen molar-refractivity contribution in [2.75, 3.05) is 14.2 Å². The summed E-state index contributed by atoms with van der Waals surface area (Å²) in [6.07, 6.45) is 1.61. The van der Waals surface area contributed by atoms with E-state index in [1.165, 1.54) is 11.1 Å². The van der Waals surface area contributed by atoms with E-state index in [0.717, 1.165) is 23.1 Å². The molecule has 3 heteroatoms. The van der Waals surface area contributed by atoms with E-state index in [1.807, 2.05) is 12.1 Å². The van der Waals surface area contributed by atoms with Gasteiger partial charge in [0.2, 0.25) is 0 Å². The Morgan fingerprint density at radius 1 is 1.00 bits per heavy atom. The van der Waals surface area contributed by atoms with Crippen molar-refractivity contribution in [1.82, 2.24) is 0 Å². The van der Waals surface area contributed by atoms with Crippen LogP contribution in [0.2, 0.25) is 0 Å². The third-order valence-corrected chi connectivity index (χ3v) is 6.31. The lowest BCUT2D eigenvalue weighted by Gasteiger charge is -2.49. The van der Waals surface area contributed by atoms with Gasteiger partial charge in [-0.1, -0.05) is 48.5 Å². The van der Waals surface area contributed by atoms with Crippen molar-refractivity contribution in [2.24, 2.45) is 0 Å². The van der Waals surface area contributed by atoms with E-state index >= 15 is 0 Å². The van der Waals surface area contributed by atoms with Gasteiger partial charge in [0.15, 0.2) is 0 Å². The van der Waals surface area contributed by atoms with E-state index in [0.29, 0.717) is 24.1 Å². The number of ether oxygens (including phenoxy) is 2. The smallest absolute Gasteiger partial charge is 0.283 e. The molecule has 2 aromatic carbocycles. The summed E-state index contributed by atoms with van der Waals surface area (Å²) in [5.74, 6) is 1.24. The molecule has 0 aromatic heterocycles. The lowest BCUT2D eigenvalue weighted by atomic mass is 9.51. The van der Waals surface area contributed by atoms with Crippen LogP contribution in [0.25, 0.3) is 5.57 Å². The number of methoxy groups -OCH3 is 2. The predicted octanol–water partition coefficient (Wildman–Crippen LogP) is 4.14. The van der Waals surface area contributed by atoms with Gasteiger partial charge in [0.25, 0.3) is 5.95 Å². The maximum atomic E-state index is 13.5. The summed E-state index contributed by atoms with van der Waals surface area (Å²) < 4.78 is 11.2. The molecule has 6 rings (SSSR count). The second kappa shape index (κ2) is 4.98. The van der Waals surface area contributed by atoms with Crippen LogP contribution in [-0.2, 0) is 19.7 Å². The molecule has 0 heterocycles. The van der Waals surface area contributed by atoms with E-state index in [-0.39, 0.29) is 5.92 Å². The third kappa shape index (κ3) is 1.59. The molecule has 0 N–H and O–H groups in total. The van der Waals surface area contributed by atoms with Crippen molar-refractivity contribution in [2.45, 2.75) is 30.1 Å². The fourth-order valence-corrected chi connectivity index (χ4v) is 5.52. The molecule has 3 nitrogen and oxygen atoms in total. The number of Topliss-reactive ketones (excluding diaryl/α,β-unsaturated/α-hetero) is 1. The minimum absolute atomic E-state index is 0.167. The summed E-state index contributed by atoms with van der Waals surface area (Å²) >= 11 is 0. The van der Waals surface area contributed by atoms with Gasteiger partial charge in [0.1, 0.15) is 5.78 Å². The van der Waals surface area contributed by atoms with Crippen molar-refractivity contribution < 1.29 is 14.3 Å². The molecule has 1 saturated carbocycles. The fourth-order valence-electron chi connectivity index (χ4n) is 5.52. The molecule has 0 amide bonds. The number of allylic oxidation sites excluding steroid dienone is 1. The Morgan fingerprint density at radius 2 is 1.68 bits per heavy atom. The van der Waals surface area contributed by atoms with E-state index in [1.54, 1.807) is 14.2 Å². The number of carbonyl (C=O) groups excluding carboxylic acids is 1. The highest BCUT2D eigenvalue weighted by Gasteiger charge is 2.64. The summed E-state index contributed by atoms with van der Waals surface area (Å²) in [6.45, 7) is 0. The Bertz CT molecular complexity index is 920. The highest BCUT2D eigenvalue weighted by atomic mass is 16.7. The Hall–Kier alpha value is -2.55. The van der Waals surface area contributed by atoms with Crippen LogP contribution in [0.4, 0.5) is 0 Å². The Kier molecular flexibility index (Phi) is 2.94. The first-order chi connectivity index (χ1) is 12.2. The van der Waals surface area contributed by atoms with Crippen molar-refractivity contribution in [3.05, 3.63) is 76.7 Å². The minimum atomic E-state index is -0.670. The van der Waals surface area contributed by atoms with Gasteiger partial charge < -0.3 is 9.47 Å². The fraction of sp³-hybridized carbons (Fsp3) is 0.318. The van der Waals surface area contributed by atoms with Gasteiger partial charge in [-0.2, -0.15) is 0 Å². The zero-order valence-corrected chi connectivity index (χ0v) is 14.4. The Balaban J connectivity index is 1.94. The van der Waals surface area contributed by atoms with Gasteiger partial charge in [-0.15, -0.1) is 0 Å². The molecule has 2 aromatic rings. The van der Waals surface area contributed by atoms with Crippen LogP contribution >= 0.6 is 0 Å². The number of rotatable bonds is 2. The lowest BCUT2D eigenvalue weighted by Crippen LogP contribution is -2.49. The molecule has 1 fully saturated rings. The Labute approximate surface area is 147 Å². The maximum Gasteiger partial charge on any atom is 0.283 e. The average molecular weight is 332 g/mol. The average Bonchev–Trinajstić information content (AvgIpc) is 2.96. The SMILES string of the molecule is COC(OC)=C1c2ccccc2C2CC3CC(=O)C12c1ccccc13. The summed E-state index contributed by atoms with van der Waals surface area (Å²) in [6, 6.07) is 16.8. The molecule has 3 atom stereocenters. The molecule has 2 bridgehead atoms. The summed E-state index contributed by atoms with van der Waals surface area (Å²) in [7, 11) is 3.23. The molecule has 0 saturated heterocycles. The van der Waals surface area contributed by atoms with Crippen LogP contribution in [0.1, 0.15) is 46.9 Å². The summed E-state index contributed by atoms with van der Waals surface area (Å²) in [4.78, 5) is 13.5. The van der Waals surface area contributed by atoms with E-state index in [4.69, 9.17) is 9.47 Å². The molecule has 0 radical (unpaired) electrons. The summed E-state index contributed by atoms with van der Waals surface area (Å²) in [5.41, 5.74) is 5.04. The van der Waals surface area contributed by atoms with Crippen molar-refractivity contribution in [1.29, 1.82) is 0 Å². The minimum Gasteiger partial charge on any atom is -0.469 e. The van der Waals surface area contributed by atoms with Gasteiger partial charge in [-0.3, -0.25) is 4.79 Å². The quantitative estimate of drug-likeness (QED) is 0.775. The third-order valence-electron chi connectivity index (χ3n) is 6.31. The zero-order chi connectivity index (χ0) is 17.2. The standard InChI is InChI=1S/C22H20O3/c1-24-21(25-2)20-16-9-4-3-8-15(16)18-11-13-12-19(23)22(18,20)17-10-6-5-7-14(13)17/h3-10,13,18H,11-12H2,1-2H3. The van der Waals surface area contributed by atoms with E-state index in [2.05, 4.69) is 36.4 Å². The maximum absolute atomic E-state index is 13.5. The largest absolute Gasteiger partial charge is 0.469 e. The predicted molar refractivity (Wildman–Crippen MR) is 95.2 cm³/mol.